The summed E-state index contributed by atoms with van der Waals surface area (Å²) in [5.41, 5.74) is 3.96. The number of Topliss-reactive ketones (excluding diaryl/α,β-unsaturated/α-hetero) is 1. The molecule has 0 saturated carbocycles. The maximum atomic E-state index is 12.1. The Balaban J connectivity index is 1.92. The lowest BCUT2D eigenvalue weighted by molar-refractivity contribution is -0.117. The fourth-order valence-corrected chi connectivity index (χ4v) is 3.06. The van der Waals surface area contributed by atoms with Crippen LogP contribution in [0.1, 0.15) is 13.3 Å². The lowest BCUT2D eigenvalue weighted by atomic mass is 10.0. The van der Waals surface area contributed by atoms with Crippen molar-refractivity contribution < 1.29 is 4.79 Å². The molecule has 4 aromatic rings. The summed E-state index contributed by atoms with van der Waals surface area (Å²) >= 11 is 0. The third-order valence-electron chi connectivity index (χ3n) is 4.39. The van der Waals surface area contributed by atoms with Gasteiger partial charge < -0.3 is 0 Å². The Morgan fingerprint density at radius 2 is 1.74 bits per heavy atom. The monoisotopic (exact) mass is 358 g/mol. The van der Waals surface area contributed by atoms with Crippen LogP contribution in [0.5, 0.6) is 0 Å². The summed E-state index contributed by atoms with van der Waals surface area (Å²) in [6.45, 7) is 1.77. The van der Waals surface area contributed by atoms with Gasteiger partial charge >= 0.3 is 0 Å². The first kappa shape index (κ1) is 16.9. The molecule has 134 valence electrons. The zero-order valence-electron chi connectivity index (χ0n) is 14.9. The summed E-state index contributed by atoms with van der Waals surface area (Å²) in [4.78, 5) is 23.4. The van der Waals surface area contributed by atoms with Crippen LogP contribution in [0.25, 0.3) is 28.0 Å². The molecule has 3 aromatic heterocycles. The average Bonchev–Trinajstić information content (AvgIpc) is 3.07. The Bertz CT molecular complexity index is 1180. The molecule has 4 rings (SSSR count). The first-order valence-electron chi connectivity index (χ1n) is 8.74. The molecule has 6 nitrogen and oxygen atoms in total. The van der Waals surface area contributed by atoms with Crippen molar-refractivity contribution in [2.24, 2.45) is 0 Å². The van der Waals surface area contributed by atoms with E-state index in [9.17, 15) is 9.59 Å². The van der Waals surface area contributed by atoms with Gasteiger partial charge in [0.2, 0.25) is 0 Å². The van der Waals surface area contributed by atoms with Crippen LogP contribution >= 0.6 is 0 Å². The molecule has 3 heterocycles. The highest BCUT2D eigenvalue weighted by molar-refractivity contribution is 5.90. The smallest absolute Gasteiger partial charge is 0.266 e. The number of carbonyl (C=O) groups is 1. The highest BCUT2D eigenvalue weighted by Gasteiger charge is 2.18. The summed E-state index contributed by atoms with van der Waals surface area (Å²) < 4.78 is 3.16. The van der Waals surface area contributed by atoms with E-state index >= 15 is 0 Å². The lowest BCUT2D eigenvalue weighted by Crippen LogP contribution is -2.23. The molecule has 0 aliphatic heterocycles. The minimum Gasteiger partial charge on any atom is -0.300 e. The van der Waals surface area contributed by atoms with Crippen LogP contribution in [0.15, 0.2) is 71.7 Å². The molecule has 6 heteroatoms. The van der Waals surface area contributed by atoms with Crippen LogP contribution < -0.4 is 5.56 Å². The number of hydrogen-bond acceptors (Lipinski definition) is 4. The summed E-state index contributed by atoms with van der Waals surface area (Å²) in [7, 11) is 0. The summed E-state index contributed by atoms with van der Waals surface area (Å²) in [6.07, 6.45) is 2.16. The van der Waals surface area contributed by atoms with Crippen LogP contribution in [0.2, 0.25) is 0 Å². The van der Waals surface area contributed by atoms with E-state index in [0.717, 1.165) is 22.3 Å². The van der Waals surface area contributed by atoms with Crippen molar-refractivity contribution in [3.63, 3.8) is 0 Å². The van der Waals surface area contributed by atoms with E-state index < -0.39 is 0 Å². The fourth-order valence-electron chi connectivity index (χ4n) is 3.06. The van der Waals surface area contributed by atoms with Gasteiger partial charge in [0.25, 0.3) is 5.56 Å². The summed E-state index contributed by atoms with van der Waals surface area (Å²) in [6, 6.07) is 18.9. The molecule has 0 fully saturated rings. The van der Waals surface area contributed by atoms with Gasteiger partial charge in [0.05, 0.1) is 23.3 Å². The van der Waals surface area contributed by atoms with Crippen molar-refractivity contribution in [2.75, 3.05) is 0 Å². The number of benzene rings is 1. The van der Waals surface area contributed by atoms with Crippen LogP contribution in [0.4, 0.5) is 0 Å². The second-order valence-corrected chi connectivity index (χ2v) is 6.35. The maximum Gasteiger partial charge on any atom is 0.266 e. The van der Waals surface area contributed by atoms with E-state index in [4.69, 9.17) is 5.10 Å². The first-order valence-corrected chi connectivity index (χ1v) is 8.74. The molecule has 0 N–H and O–H groups in total. The third-order valence-corrected chi connectivity index (χ3v) is 4.39. The van der Waals surface area contributed by atoms with Gasteiger partial charge in [-0.1, -0.05) is 36.4 Å². The van der Waals surface area contributed by atoms with Gasteiger partial charge in [0.1, 0.15) is 11.5 Å². The highest BCUT2D eigenvalue weighted by Crippen LogP contribution is 2.33. The van der Waals surface area contributed by atoms with Crippen LogP contribution in [0.3, 0.4) is 0 Å². The zero-order valence-corrected chi connectivity index (χ0v) is 14.9. The van der Waals surface area contributed by atoms with Crippen molar-refractivity contribution in [3.05, 3.63) is 77.2 Å². The van der Waals surface area contributed by atoms with Crippen LogP contribution in [-0.4, -0.2) is 25.2 Å². The molecule has 0 amide bonds. The van der Waals surface area contributed by atoms with Crippen molar-refractivity contribution in [1.82, 2.24) is 19.4 Å². The number of ketones is 1. The predicted octanol–water partition coefficient (Wildman–Crippen LogP) is 3.20. The van der Waals surface area contributed by atoms with E-state index in [0.29, 0.717) is 5.69 Å². The van der Waals surface area contributed by atoms with Gasteiger partial charge in [0, 0.05) is 24.2 Å². The number of carbonyl (C=O) groups excluding carboxylic acids is 1. The standard InChI is InChI=1S/C21H18N4O2/c1-15(26)12-14-25-19(27)11-10-17(22-25)20-18-9-5-6-13-24(18)23-21(20)16-7-3-2-4-8-16/h2-11,13H,12,14H2,1H3. The van der Waals surface area contributed by atoms with Crippen molar-refractivity contribution in [3.8, 4) is 22.5 Å². The van der Waals surface area contributed by atoms with Gasteiger partial charge in [-0.2, -0.15) is 10.2 Å². The second kappa shape index (κ2) is 6.99. The largest absolute Gasteiger partial charge is 0.300 e. The molecular weight excluding hydrogens is 340 g/mol. The van der Waals surface area contributed by atoms with Crippen molar-refractivity contribution >= 4 is 11.3 Å². The zero-order chi connectivity index (χ0) is 18.8. The Hall–Kier alpha value is -3.54. The number of pyridine rings is 1. The Morgan fingerprint density at radius 3 is 2.52 bits per heavy atom. The highest BCUT2D eigenvalue weighted by atomic mass is 16.1. The number of rotatable bonds is 5. The molecule has 0 spiro atoms. The van der Waals surface area contributed by atoms with Gasteiger partial charge in [0.15, 0.2) is 0 Å². The average molecular weight is 358 g/mol. The molecule has 0 aliphatic carbocycles. The van der Waals surface area contributed by atoms with Crippen molar-refractivity contribution in [1.29, 1.82) is 0 Å². The summed E-state index contributed by atoms with van der Waals surface area (Å²) in [5, 5.41) is 9.24. The van der Waals surface area contributed by atoms with E-state index in [1.165, 1.54) is 17.7 Å². The maximum absolute atomic E-state index is 12.1. The lowest BCUT2D eigenvalue weighted by Gasteiger charge is -2.07. The van der Waals surface area contributed by atoms with E-state index in [-0.39, 0.29) is 24.3 Å². The normalized spacial score (nSPS) is 11.0. The van der Waals surface area contributed by atoms with E-state index in [1.54, 1.807) is 6.07 Å². The number of fused-ring (bicyclic) bond motifs is 1. The number of aromatic nitrogens is 4. The fraction of sp³-hybridized carbons (Fsp3) is 0.143. The number of nitrogens with zero attached hydrogens (tertiary/aromatic N) is 4. The number of hydrogen-bond donors (Lipinski definition) is 0. The van der Waals surface area contributed by atoms with Crippen LogP contribution in [0, 0.1) is 0 Å². The molecule has 0 atom stereocenters. The molecular formula is C21H18N4O2. The Kier molecular flexibility index (Phi) is 4.38. The second-order valence-electron chi connectivity index (χ2n) is 6.35. The van der Waals surface area contributed by atoms with E-state index in [2.05, 4.69) is 5.10 Å². The molecule has 0 aliphatic rings. The molecule has 1 aromatic carbocycles. The molecule has 0 unspecified atom stereocenters. The van der Waals surface area contributed by atoms with Crippen LogP contribution in [-0.2, 0) is 11.3 Å². The number of aryl methyl sites for hydroxylation is 1. The molecule has 0 bridgehead atoms. The third kappa shape index (κ3) is 3.29. The SMILES string of the molecule is CC(=O)CCn1nc(-c2c(-c3ccccc3)nn3ccccc23)ccc1=O. The summed E-state index contributed by atoms with van der Waals surface area (Å²) in [5.74, 6) is 0.0232. The van der Waals surface area contributed by atoms with Gasteiger partial charge in [-0.25, -0.2) is 9.20 Å². The molecule has 27 heavy (non-hydrogen) atoms. The quantitative estimate of drug-likeness (QED) is 0.549. The topological polar surface area (TPSA) is 69.3 Å². The first-order chi connectivity index (χ1) is 13.1. The van der Waals surface area contributed by atoms with Crippen molar-refractivity contribution in [2.45, 2.75) is 19.9 Å². The van der Waals surface area contributed by atoms with Gasteiger partial charge in [-0.15, -0.1) is 0 Å². The predicted molar refractivity (Wildman–Crippen MR) is 103 cm³/mol. The molecule has 0 saturated heterocycles. The van der Waals surface area contributed by atoms with Gasteiger partial charge in [-0.05, 0) is 25.1 Å². The van der Waals surface area contributed by atoms with E-state index in [1.807, 2.05) is 59.2 Å². The molecule has 0 radical (unpaired) electrons. The minimum atomic E-state index is -0.224. The minimum absolute atomic E-state index is 0.0232. The van der Waals surface area contributed by atoms with Gasteiger partial charge in [-0.3, -0.25) is 9.59 Å². The Morgan fingerprint density at radius 1 is 0.963 bits per heavy atom. The Labute approximate surface area is 155 Å².